The van der Waals surface area contributed by atoms with Gasteiger partial charge in [0.15, 0.2) is 5.78 Å². The number of nitrogens with zero attached hydrogens (tertiary/aromatic N) is 1. The summed E-state index contributed by atoms with van der Waals surface area (Å²) in [5.41, 5.74) is -3.66. The second-order valence-corrected chi connectivity index (χ2v) is 15.0. The monoisotopic (exact) mass is 557 g/mol. The molecule has 2 N–H and O–H groups in total. The van der Waals surface area contributed by atoms with E-state index >= 15 is 0 Å². The number of amides is 1. The van der Waals surface area contributed by atoms with Gasteiger partial charge in [-0.05, 0) is 49.0 Å². The molecule has 7 fully saturated rings. The van der Waals surface area contributed by atoms with E-state index in [1.807, 2.05) is 34.6 Å². The van der Waals surface area contributed by atoms with Gasteiger partial charge in [-0.25, -0.2) is 0 Å². The van der Waals surface area contributed by atoms with Crippen LogP contribution in [0.1, 0.15) is 73.1 Å². The zero-order valence-corrected chi connectivity index (χ0v) is 24.3. The summed E-state index contributed by atoms with van der Waals surface area (Å²) in [4.78, 5) is 56.2. The quantitative estimate of drug-likeness (QED) is 0.391. The van der Waals surface area contributed by atoms with E-state index in [1.165, 1.54) is 0 Å². The van der Waals surface area contributed by atoms with Crippen LogP contribution < -0.4 is 0 Å². The van der Waals surface area contributed by atoms with Gasteiger partial charge < -0.3 is 24.6 Å². The van der Waals surface area contributed by atoms with E-state index in [2.05, 4.69) is 6.58 Å². The number of carbonyl (C=O) groups is 4. The third-order valence-electron chi connectivity index (χ3n) is 11.6. The molecule has 220 valence electrons. The summed E-state index contributed by atoms with van der Waals surface area (Å²) >= 11 is 0. The zero-order chi connectivity index (χ0) is 29.2. The van der Waals surface area contributed by atoms with Crippen LogP contribution in [0.4, 0.5) is 0 Å². The topological polar surface area (TPSA) is 130 Å². The third-order valence-corrected chi connectivity index (χ3v) is 11.6. The molecule has 0 aromatic heterocycles. The van der Waals surface area contributed by atoms with Crippen LogP contribution in [-0.4, -0.2) is 76.2 Å². The Kier molecular flexibility index (Phi) is 5.94. The molecule has 0 aromatic rings. The molecule has 8 atom stereocenters. The molecule has 40 heavy (non-hydrogen) atoms. The zero-order valence-electron chi connectivity index (χ0n) is 24.3. The van der Waals surface area contributed by atoms with Gasteiger partial charge in [-0.15, -0.1) is 0 Å². The van der Waals surface area contributed by atoms with Gasteiger partial charge >= 0.3 is 5.97 Å². The lowest BCUT2D eigenvalue weighted by Crippen LogP contribution is -2.85. The van der Waals surface area contributed by atoms with Gasteiger partial charge in [-0.2, -0.15) is 0 Å². The van der Waals surface area contributed by atoms with Crippen molar-refractivity contribution >= 4 is 23.4 Å². The molecule has 7 aliphatic rings. The van der Waals surface area contributed by atoms with Crippen molar-refractivity contribution in [3.05, 3.63) is 12.2 Å². The van der Waals surface area contributed by atoms with Crippen LogP contribution in [0.15, 0.2) is 12.2 Å². The summed E-state index contributed by atoms with van der Waals surface area (Å²) < 4.78 is 12.3. The average molecular weight is 558 g/mol. The Morgan fingerprint density at radius 1 is 1.10 bits per heavy atom. The Hall–Kier alpha value is -2.10. The maximum Gasteiger partial charge on any atom is 0.309 e. The lowest BCUT2D eigenvalue weighted by molar-refractivity contribution is -0.437. The fourth-order valence-corrected chi connectivity index (χ4v) is 9.78. The van der Waals surface area contributed by atoms with Crippen molar-refractivity contribution in [3.63, 3.8) is 0 Å². The van der Waals surface area contributed by atoms with Crippen LogP contribution in [0, 0.1) is 45.3 Å². The minimum Gasteiger partial charge on any atom is -0.460 e. The van der Waals surface area contributed by atoms with Gasteiger partial charge in [0.1, 0.15) is 23.4 Å². The van der Waals surface area contributed by atoms with Gasteiger partial charge in [-0.3, -0.25) is 19.2 Å². The Labute approximate surface area is 235 Å². The summed E-state index contributed by atoms with van der Waals surface area (Å²) in [5, 5.41) is 24.1. The predicted molar refractivity (Wildman–Crippen MR) is 142 cm³/mol. The number of fused-ring (bicyclic) bond motifs is 2. The molecule has 4 aliphatic carbocycles. The molecule has 2 spiro atoms. The molecular formula is C31H43NO8. The van der Waals surface area contributed by atoms with Crippen LogP contribution in [0.2, 0.25) is 0 Å². The molecule has 3 aliphatic heterocycles. The Morgan fingerprint density at radius 3 is 2.38 bits per heavy atom. The number of likely N-dealkylation sites (tertiary alicyclic amines) is 1. The highest BCUT2D eigenvalue weighted by molar-refractivity contribution is 6.06. The predicted octanol–water partition coefficient (Wildman–Crippen LogP) is 2.42. The number of rotatable bonds is 2. The fourth-order valence-electron chi connectivity index (χ4n) is 9.78. The number of aliphatic hydroxyl groups excluding tert-OH is 1. The number of ketones is 2. The number of Topliss-reactive ketones (excluding diaryl/α,β-unsaturated/α-hetero) is 2. The minimum atomic E-state index is -2.30. The van der Waals surface area contributed by atoms with E-state index in [9.17, 15) is 29.4 Å². The van der Waals surface area contributed by atoms with Crippen molar-refractivity contribution in [2.75, 3.05) is 19.7 Å². The van der Waals surface area contributed by atoms with E-state index in [0.29, 0.717) is 51.6 Å². The largest absolute Gasteiger partial charge is 0.460 e. The lowest BCUT2D eigenvalue weighted by Gasteiger charge is -2.73. The summed E-state index contributed by atoms with van der Waals surface area (Å²) in [6, 6.07) is 0. The van der Waals surface area contributed by atoms with Crippen molar-refractivity contribution < 1.29 is 38.9 Å². The number of hydrogen-bond acceptors (Lipinski definition) is 8. The van der Waals surface area contributed by atoms with Crippen LogP contribution in [0.25, 0.3) is 0 Å². The van der Waals surface area contributed by atoms with E-state index in [1.54, 1.807) is 4.90 Å². The maximum absolute atomic E-state index is 14.2. The van der Waals surface area contributed by atoms with Crippen molar-refractivity contribution in [3.8, 4) is 0 Å². The molecule has 0 aromatic carbocycles. The molecule has 1 amide bonds. The molecule has 9 heteroatoms. The number of piperidine rings is 1. The van der Waals surface area contributed by atoms with Gasteiger partial charge in [0, 0.05) is 36.8 Å². The van der Waals surface area contributed by atoms with Gasteiger partial charge in [0.2, 0.25) is 11.7 Å². The van der Waals surface area contributed by atoms with E-state index in [-0.39, 0.29) is 23.9 Å². The standard InChI is InChI=1S/C31H43NO8/c1-16-18-7-8-19-29-15-39-31(38,23(35)21(29)28(5,6)12-9-20(29)33)30(19,22(16)34)24(18)40-25(36)17-10-13-32(14-11-17)26(37)27(2,3)4/h17-19,21,23-24,35,38H,1,7-15H2,2-6H3/t18-,19-,21+,23-,24+,29+,30-,31-/m0/s1. The van der Waals surface area contributed by atoms with E-state index < -0.39 is 75.1 Å². The third kappa shape index (κ3) is 3.20. The number of hydrogen-bond donors (Lipinski definition) is 2. The van der Waals surface area contributed by atoms with Crippen molar-refractivity contribution in [2.24, 2.45) is 45.3 Å². The molecule has 4 saturated carbocycles. The molecule has 0 unspecified atom stereocenters. The van der Waals surface area contributed by atoms with Crippen LogP contribution in [-0.2, 0) is 28.7 Å². The molecule has 9 nitrogen and oxygen atoms in total. The second kappa shape index (κ2) is 8.48. The minimum absolute atomic E-state index is 0.0359. The Bertz CT molecular complexity index is 1190. The van der Waals surface area contributed by atoms with E-state index in [0.717, 1.165) is 0 Å². The smallest absolute Gasteiger partial charge is 0.309 e. The van der Waals surface area contributed by atoms with Crippen molar-refractivity contribution in [1.82, 2.24) is 4.90 Å². The summed E-state index contributed by atoms with van der Waals surface area (Å²) in [5.74, 6) is -5.46. The Balaban J connectivity index is 1.35. The van der Waals surface area contributed by atoms with Crippen molar-refractivity contribution in [1.29, 1.82) is 0 Å². The van der Waals surface area contributed by atoms with Gasteiger partial charge in [-0.1, -0.05) is 41.2 Å². The first-order valence-corrected chi connectivity index (χ1v) is 14.9. The highest BCUT2D eigenvalue weighted by atomic mass is 16.6. The molecule has 7 rings (SSSR count). The lowest BCUT2D eigenvalue weighted by atomic mass is 9.36. The first kappa shape index (κ1) is 28.0. The van der Waals surface area contributed by atoms with Crippen LogP contribution >= 0.6 is 0 Å². The number of ether oxygens (including phenoxy) is 2. The van der Waals surface area contributed by atoms with Crippen molar-refractivity contribution in [2.45, 2.75) is 91.1 Å². The first-order valence-electron chi connectivity index (χ1n) is 14.9. The molecule has 4 bridgehead atoms. The normalized spacial score (nSPS) is 44.3. The summed E-state index contributed by atoms with van der Waals surface area (Å²) in [6.45, 7) is 14.5. The summed E-state index contributed by atoms with van der Waals surface area (Å²) in [6.07, 6.45) is 0.149. The van der Waals surface area contributed by atoms with Gasteiger partial charge in [0.25, 0.3) is 0 Å². The molecule has 3 heterocycles. The average Bonchev–Trinajstić information content (AvgIpc) is 3.01. The number of carbonyl (C=O) groups excluding carboxylic acids is 4. The Morgan fingerprint density at radius 2 is 1.75 bits per heavy atom. The first-order chi connectivity index (χ1) is 18.5. The van der Waals surface area contributed by atoms with Gasteiger partial charge in [0.05, 0.1) is 17.9 Å². The number of aliphatic hydroxyl groups is 2. The summed E-state index contributed by atoms with van der Waals surface area (Å²) in [7, 11) is 0. The van der Waals surface area contributed by atoms with Crippen LogP contribution in [0.5, 0.6) is 0 Å². The highest BCUT2D eigenvalue weighted by Gasteiger charge is 2.88. The fraction of sp³-hybridized carbons (Fsp3) is 0.806. The number of esters is 1. The molecule has 0 radical (unpaired) electrons. The SMILES string of the molecule is C=C1C(=O)[C@]23[C@H](OC(=O)C4CCN(C(=O)C(C)(C)C)CC4)[C@H]1CC[C@H]2[C@@]12CO[C@@]3(O)[C@@H](O)[C@@H]1C(C)(C)CCC2=O. The maximum atomic E-state index is 14.2. The molecular weight excluding hydrogens is 514 g/mol. The second-order valence-electron chi connectivity index (χ2n) is 15.0. The van der Waals surface area contributed by atoms with Crippen LogP contribution in [0.3, 0.4) is 0 Å². The van der Waals surface area contributed by atoms with E-state index in [4.69, 9.17) is 9.47 Å². The highest BCUT2D eigenvalue weighted by Crippen LogP contribution is 2.76. The molecule has 3 saturated heterocycles.